The Morgan fingerprint density at radius 2 is 2.36 bits per heavy atom. The lowest BCUT2D eigenvalue weighted by atomic mass is 9.99. The monoisotopic (exact) mass is 298 g/mol. The first-order valence-electron chi connectivity index (χ1n) is 7.76. The average molecular weight is 298 g/mol. The molecular formula is C17H22N4O. The molecule has 1 aliphatic rings. The highest BCUT2D eigenvalue weighted by Gasteiger charge is 2.21. The summed E-state index contributed by atoms with van der Waals surface area (Å²) in [6.07, 6.45) is 4.51. The number of rotatable bonds is 5. The number of amides is 1. The van der Waals surface area contributed by atoms with E-state index < -0.39 is 0 Å². The molecule has 1 atom stereocenters. The van der Waals surface area contributed by atoms with Crippen molar-refractivity contribution in [3.05, 3.63) is 53.1 Å². The van der Waals surface area contributed by atoms with Crippen LogP contribution < -0.4 is 11.1 Å². The Morgan fingerprint density at radius 3 is 3.18 bits per heavy atom. The zero-order valence-electron chi connectivity index (χ0n) is 12.9. The molecule has 5 heteroatoms. The van der Waals surface area contributed by atoms with Gasteiger partial charge in [-0.1, -0.05) is 12.1 Å². The van der Waals surface area contributed by atoms with Gasteiger partial charge in [0.2, 0.25) is 5.91 Å². The first-order valence-corrected chi connectivity index (χ1v) is 7.76. The number of carbonyl (C=O) groups is 1. The number of hydrogen-bond acceptors (Lipinski definition) is 3. The maximum atomic E-state index is 11.2. The van der Waals surface area contributed by atoms with Crippen molar-refractivity contribution in [1.82, 2.24) is 14.9 Å². The van der Waals surface area contributed by atoms with Gasteiger partial charge < -0.3 is 15.6 Å². The van der Waals surface area contributed by atoms with Gasteiger partial charge in [0.15, 0.2) is 0 Å². The van der Waals surface area contributed by atoms with E-state index in [-0.39, 0.29) is 5.91 Å². The zero-order chi connectivity index (χ0) is 15.5. The van der Waals surface area contributed by atoms with Gasteiger partial charge in [-0.15, -0.1) is 0 Å². The summed E-state index contributed by atoms with van der Waals surface area (Å²) in [6, 6.07) is 7.47. The molecule has 5 nitrogen and oxygen atoms in total. The van der Waals surface area contributed by atoms with Gasteiger partial charge in [0.1, 0.15) is 5.82 Å². The highest BCUT2D eigenvalue weighted by Crippen LogP contribution is 2.26. The number of fused-ring (bicyclic) bond motifs is 1. The number of aryl methyl sites for hydroxylation is 2. The van der Waals surface area contributed by atoms with Crippen LogP contribution in [0.15, 0.2) is 30.5 Å². The van der Waals surface area contributed by atoms with Crippen molar-refractivity contribution >= 4 is 5.91 Å². The predicted molar refractivity (Wildman–Crippen MR) is 85.6 cm³/mol. The van der Waals surface area contributed by atoms with Crippen molar-refractivity contribution in [2.24, 2.45) is 5.73 Å². The van der Waals surface area contributed by atoms with E-state index in [2.05, 4.69) is 21.1 Å². The molecular weight excluding hydrogens is 276 g/mol. The Bertz CT molecular complexity index is 677. The quantitative estimate of drug-likeness (QED) is 0.886. The molecule has 3 N–H and O–H groups in total. The van der Waals surface area contributed by atoms with Gasteiger partial charge in [0, 0.05) is 37.3 Å². The van der Waals surface area contributed by atoms with Crippen LogP contribution in [0.3, 0.4) is 0 Å². The number of hydrogen-bond donors (Lipinski definition) is 2. The van der Waals surface area contributed by atoms with Crippen LogP contribution >= 0.6 is 0 Å². The molecule has 0 fully saturated rings. The lowest BCUT2D eigenvalue weighted by molar-refractivity contribution is 0.1000. The minimum absolute atomic E-state index is 0.383. The Morgan fingerprint density at radius 1 is 1.50 bits per heavy atom. The van der Waals surface area contributed by atoms with Crippen LogP contribution in [0.25, 0.3) is 0 Å². The minimum Gasteiger partial charge on any atom is -0.366 e. The number of nitrogens with two attached hydrogens (primary N) is 1. The Labute approximate surface area is 130 Å². The van der Waals surface area contributed by atoms with E-state index in [1.807, 2.05) is 25.1 Å². The van der Waals surface area contributed by atoms with Gasteiger partial charge in [0.25, 0.3) is 0 Å². The molecule has 3 rings (SSSR count). The third-order valence-corrected chi connectivity index (χ3v) is 4.18. The molecule has 0 aliphatic carbocycles. The molecule has 2 heterocycles. The summed E-state index contributed by atoms with van der Waals surface area (Å²) in [7, 11) is 0. The fraction of sp³-hybridized carbons (Fsp3) is 0.412. The van der Waals surface area contributed by atoms with E-state index in [0.29, 0.717) is 11.5 Å². The molecule has 2 aromatic rings. The van der Waals surface area contributed by atoms with E-state index in [9.17, 15) is 4.79 Å². The topological polar surface area (TPSA) is 72.9 Å². The molecule has 0 saturated heterocycles. The highest BCUT2D eigenvalue weighted by atomic mass is 16.1. The minimum atomic E-state index is -0.383. The second kappa shape index (κ2) is 6.32. The summed E-state index contributed by atoms with van der Waals surface area (Å²) < 4.78 is 2.28. The summed E-state index contributed by atoms with van der Waals surface area (Å²) in [6.45, 7) is 4.76. The predicted octanol–water partition coefficient (Wildman–Crippen LogP) is 1.96. The molecule has 0 saturated carbocycles. The maximum absolute atomic E-state index is 11.2. The van der Waals surface area contributed by atoms with E-state index >= 15 is 0 Å². The molecule has 22 heavy (non-hydrogen) atoms. The van der Waals surface area contributed by atoms with Gasteiger partial charge in [0.05, 0.1) is 5.69 Å². The number of imidazole rings is 1. The number of aromatic nitrogens is 2. The third kappa shape index (κ3) is 3.20. The smallest absolute Gasteiger partial charge is 0.248 e. The fourth-order valence-electron chi connectivity index (χ4n) is 3.13. The van der Waals surface area contributed by atoms with Crippen LogP contribution in [0.1, 0.15) is 46.2 Å². The molecule has 1 amide bonds. The molecule has 0 radical (unpaired) electrons. The molecule has 1 aliphatic heterocycles. The molecule has 1 unspecified atom stereocenters. The maximum Gasteiger partial charge on any atom is 0.248 e. The van der Waals surface area contributed by atoms with Gasteiger partial charge >= 0.3 is 0 Å². The first-order chi connectivity index (χ1) is 10.6. The van der Waals surface area contributed by atoms with Crippen LogP contribution in [0.2, 0.25) is 0 Å². The van der Waals surface area contributed by atoms with Crippen molar-refractivity contribution in [3.63, 3.8) is 0 Å². The van der Waals surface area contributed by atoms with E-state index in [1.165, 1.54) is 18.7 Å². The summed E-state index contributed by atoms with van der Waals surface area (Å²) in [5, 5.41) is 3.48. The normalized spacial score (nSPS) is 17.2. The molecule has 1 aromatic carbocycles. The van der Waals surface area contributed by atoms with Crippen molar-refractivity contribution in [1.29, 1.82) is 0 Å². The van der Waals surface area contributed by atoms with Crippen molar-refractivity contribution in [2.75, 3.05) is 6.54 Å². The molecule has 1 aromatic heterocycles. The zero-order valence-corrected chi connectivity index (χ0v) is 12.9. The van der Waals surface area contributed by atoms with E-state index in [0.717, 1.165) is 30.9 Å². The highest BCUT2D eigenvalue weighted by molar-refractivity contribution is 5.92. The van der Waals surface area contributed by atoms with Gasteiger partial charge in [-0.05, 0) is 37.5 Å². The van der Waals surface area contributed by atoms with Crippen molar-refractivity contribution in [2.45, 2.75) is 38.8 Å². The molecule has 116 valence electrons. The number of nitrogens with one attached hydrogen (secondary N) is 1. The van der Waals surface area contributed by atoms with Crippen LogP contribution in [-0.4, -0.2) is 22.0 Å². The second-order valence-corrected chi connectivity index (χ2v) is 5.97. The average Bonchev–Trinajstić information content (AvgIpc) is 2.89. The van der Waals surface area contributed by atoms with Crippen LogP contribution in [0.5, 0.6) is 0 Å². The number of primary amides is 1. The number of benzene rings is 1. The lowest BCUT2D eigenvalue weighted by Gasteiger charge is -2.23. The van der Waals surface area contributed by atoms with Crippen LogP contribution in [0, 0.1) is 6.92 Å². The van der Waals surface area contributed by atoms with Gasteiger partial charge in [-0.3, -0.25) is 4.79 Å². The van der Waals surface area contributed by atoms with Crippen LogP contribution in [0.4, 0.5) is 0 Å². The van der Waals surface area contributed by atoms with E-state index in [4.69, 9.17) is 5.73 Å². The van der Waals surface area contributed by atoms with Gasteiger partial charge in [-0.2, -0.15) is 0 Å². The summed E-state index contributed by atoms with van der Waals surface area (Å²) in [4.78, 5) is 15.9. The summed E-state index contributed by atoms with van der Waals surface area (Å²) in [5.74, 6) is 1.27. The number of nitrogens with zero attached hydrogens (tertiary/aromatic N) is 2. The fourth-order valence-corrected chi connectivity index (χ4v) is 3.13. The summed E-state index contributed by atoms with van der Waals surface area (Å²) >= 11 is 0. The Balaban J connectivity index is 1.60. The largest absolute Gasteiger partial charge is 0.366 e. The van der Waals surface area contributed by atoms with Gasteiger partial charge in [-0.25, -0.2) is 4.98 Å². The van der Waals surface area contributed by atoms with Crippen molar-refractivity contribution in [3.8, 4) is 0 Å². The van der Waals surface area contributed by atoms with Crippen LogP contribution in [-0.2, 0) is 13.1 Å². The first kappa shape index (κ1) is 14.8. The lowest BCUT2D eigenvalue weighted by Crippen LogP contribution is -2.26. The number of carbonyl (C=O) groups excluding carboxylic acids is 1. The van der Waals surface area contributed by atoms with Crippen molar-refractivity contribution < 1.29 is 4.79 Å². The standard InChI is InChI=1S/C17H22N4O/c1-12-11-21-7-3-6-15(17(21)20-12)10-19-9-13-4-2-5-14(8-13)16(18)22/h2,4-5,8,11,15,19H,3,6-7,9-10H2,1H3,(H2,18,22). The summed E-state index contributed by atoms with van der Waals surface area (Å²) in [5.41, 5.74) is 8.04. The Hall–Kier alpha value is -2.14. The Kier molecular flexibility index (Phi) is 4.24. The van der Waals surface area contributed by atoms with E-state index in [1.54, 1.807) is 6.07 Å². The molecule has 0 spiro atoms. The molecule has 0 bridgehead atoms. The third-order valence-electron chi connectivity index (χ3n) is 4.18. The SMILES string of the molecule is Cc1cn2c(n1)C(CNCc1cccc(C(N)=O)c1)CCC2. The second-order valence-electron chi connectivity index (χ2n) is 5.97.